The second-order valence-corrected chi connectivity index (χ2v) is 3.60. The fourth-order valence-electron chi connectivity index (χ4n) is 1.78. The standard InChI is InChI=1S/C9H18N2O2/c1-7(13-2)8-3-5-11(6-4-8)9(10)12/h7-8H,3-6H2,1-2H3,(H2,10,12). The molecule has 1 saturated heterocycles. The SMILES string of the molecule is COC(C)C1CCN(C(N)=O)CC1. The molecule has 0 spiro atoms. The minimum Gasteiger partial charge on any atom is -0.381 e. The molecule has 0 saturated carbocycles. The van der Waals surface area contributed by atoms with Crippen LogP contribution in [0.3, 0.4) is 0 Å². The van der Waals surface area contributed by atoms with E-state index >= 15 is 0 Å². The van der Waals surface area contributed by atoms with Crippen LogP contribution in [0.25, 0.3) is 0 Å². The van der Waals surface area contributed by atoms with E-state index in [9.17, 15) is 4.79 Å². The molecule has 1 fully saturated rings. The van der Waals surface area contributed by atoms with Crippen molar-refractivity contribution in [1.29, 1.82) is 0 Å². The van der Waals surface area contributed by atoms with Crippen LogP contribution in [0.1, 0.15) is 19.8 Å². The summed E-state index contributed by atoms with van der Waals surface area (Å²) >= 11 is 0. The smallest absolute Gasteiger partial charge is 0.314 e. The molecule has 1 atom stereocenters. The average Bonchev–Trinajstić information content (AvgIpc) is 2.17. The summed E-state index contributed by atoms with van der Waals surface area (Å²) < 4.78 is 5.25. The molecular formula is C9H18N2O2. The Labute approximate surface area is 79.0 Å². The molecule has 0 aromatic carbocycles. The van der Waals surface area contributed by atoms with E-state index in [-0.39, 0.29) is 12.1 Å². The van der Waals surface area contributed by atoms with Crippen LogP contribution in [0.5, 0.6) is 0 Å². The lowest BCUT2D eigenvalue weighted by atomic mass is 9.92. The lowest BCUT2D eigenvalue weighted by molar-refractivity contribution is 0.0402. The monoisotopic (exact) mass is 186 g/mol. The molecule has 2 amide bonds. The Morgan fingerprint density at radius 3 is 2.46 bits per heavy atom. The van der Waals surface area contributed by atoms with Crippen LogP contribution in [-0.2, 0) is 4.74 Å². The molecule has 0 bridgehead atoms. The molecule has 1 heterocycles. The average molecular weight is 186 g/mol. The number of nitrogens with zero attached hydrogens (tertiary/aromatic N) is 1. The van der Waals surface area contributed by atoms with Crippen molar-refractivity contribution in [3.63, 3.8) is 0 Å². The Kier molecular flexibility index (Phi) is 3.54. The van der Waals surface area contributed by atoms with Crippen LogP contribution >= 0.6 is 0 Å². The quantitative estimate of drug-likeness (QED) is 0.694. The first-order valence-corrected chi connectivity index (χ1v) is 4.72. The van der Waals surface area contributed by atoms with Crippen LogP contribution in [0.4, 0.5) is 4.79 Å². The number of amides is 2. The zero-order valence-corrected chi connectivity index (χ0v) is 8.32. The van der Waals surface area contributed by atoms with Crippen LogP contribution in [-0.4, -0.2) is 37.2 Å². The topological polar surface area (TPSA) is 55.6 Å². The third kappa shape index (κ3) is 2.59. The second kappa shape index (κ2) is 4.46. The third-order valence-electron chi connectivity index (χ3n) is 2.89. The van der Waals surface area contributed by atoms with Gasteiger partial charge in [0.25, 0.3) is 0 Å². The van der Waals surface area contributed by atoms with E-state index in [1.54, 1.807) is 12.0 Å². The molecule has 13 heavy (non-hydrogen) atoms. The molecule has 0 aliphatic carbocycles. The van der Waals surface area contributed by atoms with Crippen LogP contribution in [0.2, 0.25) is 0 Å². The molecule has 4 nitrogen and oxygen atoms in total. The van der Waals surface area contributed by atoms with Gasteiger partial charge in [-0.3, -0.25) is 0 Å². The minimum atomic E-state index is -0.302. The highest BCUT2D eigenvalue weighted by Crippen LogP contribution is 2.21. The summed E-state index contributed by atoms with van der Waals surface area (Å²) in [4.78, 5) is 12.5. The molecule has 0 aromatic heterocycles. The van der Waals surface area contributed by atoms with E-state index in [1.165, 1.54) is 0 Å². The number of primary amides is 1. The lowest BCUT2D eigenvalue weighted by Crippen LogP contribution is -2.43. The van der Waals surface area contributed by atoms with Crippen molar-refractivity contribution in [3.05, 3.63) is 0 Å². The lowest BCUT2D eigenvalue weighted by Gasteiger charge is -2.33. The van der Waals surface area contributed by atoms with Crippen LogP contribution in [0, 0.1) is 5.92 Å². The van der Waals surface area contributed by atoms with Crippen molar-refractivity contribution in [2.24, 2.45) is 11.7 Å². The van der Waals surface area contributed by atoms with E-state index in [0.29, 0.717) is 5.92 Å². The van der Waals surface area contributed by atoms with Gasteiger partial charge in [0.2, 0.25) is 0 Å². The number of hydrogen-bond acceptors (Lipinski definition) is 2. The predicted molar refractivity (Wildman–Crippen MR) is 50.4 cm³/mol. The van der Waals surface area contributed by atoms with E-state index in [0.717, 1.165) is 25.9 Å². The molecule has 0 aromatic rings. The number of piperidine rings is 1. The maximum Gasteiger partial charge on any atom is 0.314 e. The van der Waals surface area contributed by atoms with Crippen molar-refractivity contribution < 1.29 is 9.53 Å². The number of hydrogen-bond donors (Lipinski definition) is 1. The fraction of sp³-hybridized carbons (Fsp3) is 0.889. The molecule has 1 aliphatic rings. The summed E-state index contributed by atoms with van der Waals surface area (Å²) in [5.74, 6) is 0.570. The maximum atomic E-state index is 10.8. The Morgan fingerprint density at radius 2 is 2.08 bits per heavy atom. The van der Waals surface area contributed by atoms with E-state index in [1.807, 2.05) is 0 Å². The van der Waals surface area contributed by atoms with Crippen molar-refractivity contribution in [1.82, 2.24) is 4.90 Å². The Morgan fingerprint density at radius 1 is 1.54 bits per heavy atom. The van der Waals surface area contributed by atoms with Crippen molar-refractivity contribution >= 4 is 6.03 Å². The molecule has 76 valence electrons. The summed E-state index contributed by atoms with van der Waals surface area (Å²) in [6.07, 6.45) is 2.28. The van der Waals surface area contributed by atoms with Gasteiger partial charge in [-0.25, -0.2) is 4.79 Å². The number of rotatable bonds is 2. The van der Waals surface area contributed by atoms with Crippen molar-refractivity contribution in [2.75, 3.05) is 20.2 Å². The highest BCUT2D eigenvalue weighted by atomic mass is 16.5. The largest absolute Gasteiger partial charge is 0.381 e. The predicted octanol–water partition coefficient (Wildman–Crippen LogP) is 0.812. The van der Waals surface area contributed by atoms with Gasteiger partial charge >= 0.3 is 6.03 Å². The van der Waals surface area contributed by atoms with Gasteiger partial charge in [-0.2, -0.15) is 0 Å². The highest BCUT2D eigenvalue weighted by Gasteiger charge is 2.24. The fourth-order valence-corrected chi connectivity index (χ4v) is 1.78. The third-order valence-corrected chi connectivity index (χ3v) is 2.89. The first-order valence-electron chi connectivity index (χ1n) is 4.72. The number of methoxy groups -OCH3 is 1. The van der Waals surface area contributed by atoms with Crippen LogP contribution in [0.15, 0.2) is 0 Å². The Bertz CT molecular complexity index is 176. The molecule has 1 rings (SSSR count). The first kappa shape index (κ1) is 10.3. The Balaban J connectivity index is 2.34. The van der Waals surface area contributed by atoms with Gasteiger partial charge in [-0.1, -0.05) is 0 Å². The second-order valence-electron chi connectivity index (χ2n) is 3.60. The van der Waals surface area contributed by atoms with E-state index < -0.39 is 0 Å². The number of likely N-dealkylation sites (tertiary alicyclic amines) is 1. The number of nitrogens with two attached hydrogens (primary N) is 1. The molecule has 4 heteroatoms. The van der Waals surface area contributed by atoms with Crippen molar-refractivity contribution in [3.8, 4) is 0 Å². The van der Waals surface area contributed by atoms with Gasteiger partial charge in [-0.15, -0.1) is 0 Å². The first-order chi connectivity index (χ1) is 6.15. The zero-order chi connectivity index (χ0) is 9.84. The maximum absolute atomic E-state index is 10.8. The summed E-state index contributed by atoms with van der Waals surface area (Å²) in [6.45, 7) is 3.62. The normalized spacial score (nSPS) is 21.5. The van der Waals surface area contributed by atoms with Gasteiger partial charge < -0.3 is 15.4 Å². The van der Waals surface area contributed by atoms with E-state index in [2.05, 4.69) is 6.92 Å². The van der Waals surface area contributed by atoms with Gasteiger partial charge in [-0.05, 0) is 25.7 Å². The van der Waals surface area contributed by atoms with E-state index in [4.69, 9.17) is 10.5 Å². The number of carbonyl (C=O) groups is 1. The van der Waals surface area contributed by atoms with Gasteiger partial charge in [0.15, 0.2) is 0 Å². The van der Waals surface area contributed by atoms with Crippen molar-refractivity contribution in [2.45, 2.75) is 25.9 Å². The molecule has 0 radical (unpaired) electrons. The molecule has 1 aliphatic heterocycles. The zero-order valence-electron chi connectivity index (χ0n) is 8.32. The highest BCUT2D eigenvalue weighted by molar-refractivity contribution is 5.72. The Hall–Kier alpha value is -0.770. The van der Waals surface area contributed by atoms with Gasteiger partial charge in [0.1, 0.15) is 0 Å². The summed E-state index contributed by atoms with van der Waals surface area (Å²) in [5.41, 5.74) is 5.18. The van der Waals surface area contributed by atoms with Gasteiger partial charge in [0.05, 0.1) is 6.10 Å². The summed E-state index contributed by atoms with van der Waals surface area (Å²) in [5, 5.41) is 0. The van der Waals surface area contributed by atoms with Crippen LogP contribution < -0.4 is 5.73 Å². The summed E-state index contributed by atoms with van der Waals surface area (Å²) in [6, 6.07) is -0.302. The number of carbonyl (C=O) groups excluding carboxylic acids is 1. The number of ether oxygens (including phenoxy) is 1. The summed E-state index contributed by atoms with van der Waals surface area (Å²) in [7, 11) is 1.73. The minimum absolute atomic E-state index is 0.287. The number of urea groups is 1. The molecule has 1 unspecified atom stereocenters. The molecule has 2 N–H and O–H groups in total. The van der Waals surface area contributed by atoms with Gasteiger partial charge in [0, 0.05) is 20.2 Å². The molecular weight excluding hydrogens is 168 g/mol.